The lowest BCUT2D eigenvalue weighted by Gasteiger charge is -2.18. The Morgan fingerprint density at radius 1 is 1.37 bits per heavy atom. The summed E-state index contributed by atoms with van der Waals surface area (Å²) in [6.07, 6.45) is 0. The van der Waals surface area contributed by atoms with Crippen LogP contribution in [0, 0.1) is 5.82 Å². The molecule has 0 radical (unpaired) electrons. The van der Waals surface area contributed by atoms with Gasteiger partial charge in [0.25, 0.3) is 0 Å². The van der Waals surface area contributed by atoms with Crippen LogP contribution in [0.5, 0.6) is 0 Å². The molecule has 19 heavy (non-hydrogen) atoms. The average Bonchev–Trinajstić information content (AvgIpc) is 2.31. The van der Waals surface area contributed by atoms with Gasteiger partial charge < -0.3 is 10.4 Å². The molecule has 0 aromatic heterocycles. The van der Waals surface area contributed by atoms with Crippen LogP contribution in [-0.2, 0) is 20.4 Å². The molecule has 0 heterocycles. The summed E-state index contributed by atoms with van der Waals surface area (Å²) in [5.41, 5.74) is -0.0300. The van der Waals surface area contributed by atoms with E-state index in [4.69, 9.17) is 5.11 Å². The van der Waals surface area contributed by atoms with E-state index in [1.807, 2.05) is 0 Å². The molecule has 1 unspecified atom stereocenters. The number of amides is 1. The van der Waals surface area contributed by atoms with Crippen molar-refractivity contribution in [3.63, 3.8) is 0 Å². The summed E-state index contributed by atoms with van der Waals surface area (Å²) < 4.78 is 23.5. The number of hydrogen-bond donors (Lipinski definition) is 2. The van der Waals surface area contributed by atoms with Gasteiger partial charge in [-0.3, -0.25) is 13.8 Å². The Hall–Kier alpha value is -1.76. The number of rotatable bonds is 5. The summed E-state index contributed by atoms with van der Waals surface area (Å²) in [5, 5.41) is 11.1. The lowest BCUT2D eigenvalue weighted by atomic mass is 10.2. The van der Waals surface area contributed by atoms with Crippen LogP contribution in [0.4, 0.5) is 10.1 Å². The lowest BCUT2D eigenvalue weighted by molar-refractivity contribution is -0.139. The Balaban J connectivity index is 2.70. The predicted molar refractivity (Wildman–Crippen MR) is 69.8 cm³/mol. The molecule has 0 aliphatic carbocycles. The van der Waals surface area contributed by atoms with Crippen LogP contribution in [0.25, 0.3) is 0 Å². The van der Waals surface area contributed by atoms with Gasteiger partial charge >= 0.3 is 5.97 Å². The fourth-order valence-corrected chi connectivity index (χ4v) is 2.01. The minimum Gasteiger partial charge on any atom is -0.480 e. The number of carbonyl (C=O) groups excluding carboxylic acids is 1. The van der Waals surface area contributed by atoms with Gasteiger partial charge in [-0.25, -0.2) is 4.39 Å². The third-order valence-electron chi connectivity index (χ3n) is 2.49. The maximum atomic E-state index is 13.3. The third-order valence-corrected chi connectivity index (χ3v) is 4.33. The first-order chi connectivity index (χ1) is 8.75. The Bertz CT molecular complexity index is 530. The van der Waals surface area contributed by atoms with Gasteiger partial charge in [0.05, 0.1) is 5.69 Å². The van der Waals surface area contributed by atoms with Crippen molar-refractivity contribution in [2.24, 2.45) is 0 Å². The molecule has 0 spiro atoms. The van der Waals surface area contributed by atoms with Crippen molar-refractivity contribution in [2.75, 3.05) is 11.1 Å². The average molecular weight is 287 g/mol. The van der Waals surface area contributed by atoms with Crippen LogP contribution in [0.15, 0.2) is 24.3 Å². The lowest BCUT2D eigenvalue weighted by Crippen LogP contribution is -2.40. The van der Waals surface area contributed by atoms with E-state index in [0.29, 0.717) is 0 Å². The molecular weight excluding hydrogens is 273 g/mol. The van der Waals surface area contributed by atoms with E-state index in [2.05, 4.69) is 5.32 Å². The van der Waals surface area contributed by atoms with E-state index in [1.165, 1.54) is 38.1 Å². The first kappa shape index (κ1) is 15.3. The molecule has 104 valence electrons. The topological polar surface area (TPSA) is 83.5 Å². The number of carboxylic acids is 1. The number of para-hydroxylation sites is 1. The van der Waals surface area contributed by atoms with E-state index in [1.54, 1.807) is 0 Å². The number of carbonyl (C=O) groups is 2. The fourth-order valence-electron chi connectivity index (χ4n) is 1.15. The first-order valence-electron chi connectivity index (χ1n) is 5.41. The number of carboxylic acid groups (broad SMARTS) is 1. The highest BCUT2D eigenvalue weighted by Crippen LogP contribution is 2.15. The minimum absolute atomic E-state index is 0.0300. The fraction of sp³-hybridized carbons (Fsp3) is 0.333. The van der Waals surface area contributed by atoms with Crippen LogP contribution in [0.1, 0.15) is 13.8 Å². The molecule has 0 saturated carbocycles. The molecule has 2 N–H and O–H groups in total. The highest BCUT2D eigenvalue weighted by molar-refractivity contribution is 7.88. The monoisotopic (exact) mass is 287 g/mol. The Labute approximate surface area is 112 Å². The van der Waals surface area contributed by atoms with Gasteiger partial charge in [-0.1, -0.05) is 12.1 Å². The predicted octanol–water partition coefficient (Wildman–Crippen LogP) is 1.38. The molecule has 0 aliphatic rings. The minimum atomic E-state index is -1.90. The second-order valence-corrected chi connectivity index (χ2v) is 6.33. The summed E-state index contributed by atoms with van der Waals surface area (Å²) in [7, 11) is -1.90. The standard InChI is InChI=1S/C12H14FNO4S/c1-12(2,11(16)17)19(18)7-10(15)14-9-6-4-3-5-8(9)13/h3-6H,7H2,1-2H3,(H,14,15)(H,16,17). The molecule has 1 amide bonds. The summed E-state index contributed by atoms with van der Waals surface area (Å²) in [5.74, 6) is -3.07. The highest BCUT2D eigenvalue weighted by atomic mass is 32.2. The van der Waals surface area contributed by atoms with Crippen LogP contribution in [-0.4, -0.2) is 31.7 Å². The van der Waals surface area contributed by atoms with Crippen molar-refractivity contribution < 1.29 is 23.3 Å². The molecule has 5 nitrogen and oxygen atoms in total. The van der Waals surface area contributed by atoms with Crippen molar-refractivity contribution in [3.05, 3.63) is 30.1 Å². The number of halogens is 1. The zero-order chi connectivity index (χ0) is 14.6. The van der Waals surface area contributed by atoms with Crippen molar-refractivity contribution >= 4 is 28.4 Å². The molecule has 0 aliphatic heterocycles. The van der Waals surface area contributed by atoms with Crippen molar-refractivity contribution in [1.82, 2.24) is 0 Å². The van der Waals surface area contributed by atoms with Gasteiger partial charge in [-0.05, 0) is 26.0 Å². The third kappa shape index (κ3) is 3.85. The molecule has 7 heteroatoms. The summed E-state index contributed by atoms with van der Waals surface area (Å²) in [4.78, 5) is 22.5. The van der Waals surface area contributed by atoms with E-state index >= 15 is 0 Å². The number of benzene rings is 1. The van der Waals surface area contributed by atoms with Gasteiger partial charge in [0.1, 0.15) is 16.3 Å². The highest BCUT2D eigenvalue weighted by Gasteiger charge is 2.35. The zero-order valence-corrected chi connectivity index (χ0v) is 11.3. The van der Waals surface area contributed by atoms with Gasteiger partial charge in [-0.2, -0.15) is 0 Å². The Kier molecular flexibility index (Phi) is 4.77. The van der Waals surface area contributed by atoms with Crippen molar-refractivity contribution in [1.29, 1.82) is 0 Å². The summed E-state index contributed by atoms with van der Waals surface area (Å²) in [6.45, 7) is 2.53. The first-order valence-corrected chi connectivity index (χ1v) is 6.73. The maximum absolute atomic E-state index is 13.3. The van der Waals surface area contributed by atoms with Crippen LogP contribution in [0.3, 0.4) is 0 Å². The van der Waals surface area contributed by atoms with E-state index < -0.39 is 39.0 Å². The van der Waals surface area contributed by atoms with Crippen molar-refractivity contribution in [2.45, 2.75) is 18.6 Å². The number of hydrogen-bond acceptors (Lipinski definition) is 3. The van der Waals surface area contributed by atoms with Gasteiger partial charge in [0, 0.05) is 10.8 Å². The molecule has 1 aromatic carbocycles. The van der Waals surface area contributed by atoms with Crippen LogP contribution < -0.4 is 5.32 Å². The maximum Gasteiger partial charge on any atom is 0.321 e. The van der Waals surface area contributed by atoms with Crippen LogP contribution >= 0.6 is 0 Å². The SMILES string of the molecule is CC(C)(C(=O)O)S(=O)CC(=O)Nc1ccccc1F. The quantitative estimate of drug-likeness (QED) is 0.857. The molecule has 0 fully saturated rings. The Morgan fingerprint density at radius 2 is 1.95 bits per heavy atom. The number of aliphatic carboxylic acids is 1. The molecule has 0 bridgehead atoms. The van der Waals surface area contributed by atoms with E-state index in [-0.39, 0.29) is 5.69 Å². The Morgan fingerprint density at radius 3 is 2.47 bits per heavy atom. The van der Waals surface area contributed by atoms with Crippen molar-refractivity contribution in [3.8, 4) is 0 Å². The van der Waals surface area contributed by atoms with Gasteiger partial charge in [0.2, 0.25) is 5.91 Å². The number of anilines is 1. The second kappa shape index (κ2) is 5.92. The summed E-state index contributed by atoms with van der Waals surface area (Å²) >= 11 is 0. The van der Waals surface area contributed by atoms with Crippen LogP contribution in [0.2, 0.25) is 0 Å². The second-order valence-electron chi connectivity index (χ2n) is 4.33. The molecule has 1 rings (SSSR count). The van der Waals surface area contributed by atoms with E-state index in [0.717, 1.165) is 0 Å². The van der Waals surface area contributed by atoms with E-state index in [9.17, 15) is 18.2 Å². The zero-order valence-electron chi connectivity index (χ0n) is 10.5. The normalized spacial score (nSPS) is 12.8. The molecular formula is C12H14FNO4S. The smallest absolute Gasteiger partial charge is 0.321 e. The van der Waals surface area contributed by atoms with Gasteiger partial charge in [-0.15, -0.1) is 0 Å². The molecule has 1 atom stereocenters. The molecule has 1 aromatic rings. The molecule has 0 saturated heterocycles. The largest absolute Gasteiger partial charge is 0.480 e. The summed E-state index contributed by atoms with van der Waals surface area (Å²) in [6, 6.07) is 5.54. The van der Waals surface area contributed by atoms with Gasteiger partial charge in [0.15, 0.2) is 0 Å². The number of nitrogens with one attached hydrogen (secondary N) is 1.